The number of esters is 1. The largest absolute Gasteiger partial charge is 0.493 e. The number of carbonyl (C=O) groups excluding carboxylic acids is 2. The van der Waals surface area contributed by atoms with Gasteiger partial charge in [-0.2, -0.15) is 0 Å². The molecule has 2 aliphatic rings. The summed E-state index contributed by atoms with van der Waals surface area (Å²) in [5, 5.41) is 2.89. The van der Waals surface area contributed by atoms with E-state index in [2.05, 4.69) is 5.32 Å². The lowest BCUT2D eigenvalue weighted by Gasteiger charge is -2.29. The minimum Gasteiger partial charge on any atom is -0.493 e. The van der Waals surface area contributed by atoms with Gasteiger partial charge >= 0.3 is 5.97 Å². The maximum absolute atomic E-state index is 13.0. The van der Waals surface area contributed by atoms with Crippen molar-refractivity contribution in [2.24, 2.45) is 0 Å². The second-order valence-corrected chi connectivity index (χ2v) is 6.82. The van der Waals surface area contributed by atoms with Gasteiger partial charge in [0, 0.05) is 17.3 Å². The third kappa shape index (κ3) is 3.28. The van der Waals surface area contributed by atoms with Crippen LogP contribution in [0, 0.1) is 0 Å². The lowest BCUT2D eigenvalue weighted by atomic mass is 9.84. The molecule has 6 nitrogen and oxygen atoms in total. The molecule has 140 valence electrons. The summed E-state index contributed by atoms with van der Waals surface area (Å²) in [6.45, 7) is 1.67. The number of nitrogens with one attached hydrogen (secondary N) is 1. The van der Waals surface area contributed by atoms with Crippen LogP contribution >= 0.6 is 0 Å². The number of ether oxygens (including phenoxy) is 3. The summed E-state index contributed by atoms with van der Waals surface area (Å²) in [7, 11) is 3.10. The van der Waals surface area contributed by atoms with Crippen LogP contribution in [0.25, 0.3) is 0 Å². The maximum Gasteiger partial charge on any atom is 0.335 e. The van der Waals surface area contributed by atoms with Crippen molar-refractivity contribution in [2.45, 2.75) is 51.0 Å². The van der Waals surface area contributed by atoms with Crippen LogP contribution in [0.4, 0.5) is 5.69 Å². The Balaban J connectivity index is 1.88. The predicted octanol–water partition coefficient (Wildman–Crippen LogP) is 3.61. The van der Waals surface area contributed by atoms with Crippen molar-refractivity contribution in [1.82, 2.24) is 0 Å². The molecule has 1 aliphatic carbocycles. The molecule has 0 aromatic heterocycles. The second-order valence-electron chi connectivity index (χ2n) is 6.82. The Morgan fingerprint density at radius 3 is 2.35 bits per heavy atom. The van der Waals surface area contributed by atoms with E-state index < -0.39 is 5.60 Å². The van der Waals surface area contributed by atoms with Crippen molar-refractivity contribution in [3.63, 3.8) is 0 Å². The molecule has 1 aromatic carbocycles. The van der Waals surface area contributed by atoms with E-state index in [-0.39, 0.29) is 11.9 Å². The number of anilines is 1. The van der Waals surface area contributed by atoms with E-state index in [1.54, 1.807) is 39.3 Å². The van der Waals surface area contributed by atoms with Crippen molar-refractivity contribution in [1.29, 1.82) is 0 Å². The van der Waals surface area contributed by atoms with E-state index in [4.69, 9.17) is 14.2 Å². The highest BCUT2D eigenvalue weighted by Gasteiger charge is 2.49. The minimum absolute atomic E-state index is 0.289. The molecule has 26 heavy (non-hydrogen) atoms. The van der Waals surface area contributed by atoms with Crippen molar-refractivity contribution < 1.29 is 23.8 Å². The average Bonchev–Trinajstić information content (AvgIpc) is 2.78. The molecule has 1 saturated carbocycles. The molecule has 0 saturated heterocycles. The number of benzene rings is 1. The fourth-order valence-electron chi connectivity index (χ4n) is 3.89. The molecule has 3 rings (SSSR count). The number of carbonyl (C=O) groups is 2. The van der Waals surface area contributed by atoms with E-state index in [0.717, 1.165) is 25.7 Å². The fraction of sp³-hybridized carbons (Fsp3) is 0.500. The highest BCUT2D eigenvalue weighted by atomic mass is 16.6. The van der Waals surface area contributed by atoms with Gasteiger partial charge in [0.25, 0.3) is 5.91 Å². The van der Waals surface area contributed by atoms with Gasteiger partial charge in [-0.25, -0.2) is 4.79 Å². The van der Waals surface area contributed by atoms with E-state index in [1.807, 2.05) is 0 Å². The molecule has 1 N–H and O–H groups in total. The molecule has 1 aliphatic heterocycles. The van der Waals surface area contributed by atoms with Gasteiger partial charge in [0.15, 0.2) is 11.5 Å². The summed E-state index contributed by atoms with van der Waals surface area (Å²) >= 11 is 0. The van der Waals surface area contributed by atoms with Gasteiger partial charge in [0.1, 0.15) is 5.60 Å². The van der Waals surface area contributed by atoms with Crippen LogP contribution < -0.4 is 14.8 Å². The van der Waals surface area contributed by atoms with Gasteiger partial charge in [-0.05, 0) is 44.7 Å². The van der Waals surface area contributed by atoms with E-state index in [0.29, 0.717) is 41.2 Å². The van der Waals surface area contributed by atoms with Crippen molar-refractivity contribution in [3.8, 4) is 11.5 Å². The van der Waals surface area contributed by atoms with Crippen LogP contribution in [0.1, 0.15) is 45.4 Å². The molecule has 0 bridgehead atoms. The van der Waals surface area contributed by atoms with Gasteiger partial charge in [-0.1, -0.05) is 12.8 Å². The second kappa shape index (κ2) is 7.40. The normalized spacial score (nSPS) is 19.1. The minimum atomic E-state index is -0.779. The predicted molar refractivity (Wildman–Crippen MR) is 97.4 cm³/mol. The Labute approximate surface area is 153 Å². The number of amides is 1. The Morgan fingerprint density at radius 1 is 1.08 bits per heavy atom. The molecule has 1 spiro atoms. The lowest BCUT2D eigenvalue weighted by molar-refractivity contribution is -0.148. The highest BCUT2D eigenvalue weighted by Crippen LogP contribution is 2.43. The molecule has 6 heteroatoms. The lowest BCUT2D eigenvalue weighted by Crippen LogP contribution is -2.36. The Hall–Kier alpha value is -2.50. The first kappa shape index (κ1) is 18.3. The zero-order chi connectivity index (χ0) is 18.7. The number of hydrogen-bond acceptors (Lipinski definition) is 5. The van der Waals surface area contributed by atoms with Gasteiger partial charge in [0.2, 0.25) is 0 Å². The first-order valence-corrected chi connectivity index (χ1v) is 8.99. The summed E-state index contributed by atoms with van der Waals surface area (Å²) in [6, 6.07) is 5.17. The van der Waals surface area contributed by atoms with Crippen LogP contribution in [0.3, 0.4) is 0 Å². The smallest absolute Gasteiger partial charge is 0.335 e. The van der Waals surface area contributed by atoms with Crippen molar-refractivity contribution in [2.75, 3.05) is 19.5 Å². The van der Waals surface area contributed by atoms with Crippen LogP contribution in [-0.2, 0) is 14.3 Å². The molecule has 1 aromatic rings. The zero-order valence-corrected chi connectivity index (χ0v) is 15.5. The standard InChI is InChI=1S/C20H25NO5/c1-13-17(20(26-19(13)23)10-6-4-5-7-11-20)18(22)21-14-8-9-15(24-2)16(12-14)25-3/h8-9,12H,4-7,10-11H2,1-3H3,(H,21,22). The molecule has 0 atom stereocenters. The van der Waals surface area contributed by atoms with Crippen LogP contribution in [-0.4, -0.2) is 31.7 Å². The van der Waals surface area contributed by atoms with Gasteiger partial charge in [-0.3, -0.25) is 4.79 Å². The molecular formula is C20H25NO5. The van der Waals surface area contributed by atoms with Gasteiger partial charge in [0.05, 0.1) is 19.8 Å². The van der Waals surface area contributed by atoms with Crippen LogP contribution in [0.15, 0.2) is 29.3 Å². The molecule has 0 radical (unpaired) electrons. The molecule has 0 unspecified atom stereocenters. The van der Waals surface area contributed by atoms with Gasteiger partial charge in [-0.15, -0.1) is 0 Å². The SMILES string of the molecule is COc1ccc(NC(=O)C2=C(C)C(=O)OC23CCCCCC3)cc1OC. The summed E-state index contributed by atoms with van der Waals surface area (Å²) in [6.07, 6.45) is 5.50. The molecule has 1 fully saturated rings. The number of rotatable bonds is 4. The third-order valence-corrected chi connectivity index (χ3v) is 5.20. The zero-order valence-electron chi connectivity index (χ0n) is 15.5. The van der Waals surface area contributed by atoms with E-state index in [9.17, 15) is 9.59 Å². The molecular weight excluding hydrogens is 334 g/mol. The Bertz CT molecular complexity index is 745. The summed E-state index contributed by atoms with van der Waals surface area (Å²) in [5.74, 6) is 0.436. The fourth-order valence-corrected chi connectivity index (χ4v) is 3.89. The van der Waals surface area contributed by atoms with Crippen molar-refractivity contribution in [3.05, 3.63) is 29.3 Å². The number of hydrogen-bond donors (Lipinski definition) is 1. The Kier molecular flexibility index (Phi) is 5.20. The topological polar surface area (TPSA) is 73.9 Å². The Morgan fingerprint density at radius 2 is 1.73 bits per heavy atom. The van der Waals surface area contributed by atoms with Crippen molar-refractivity contribution >= 4 is 17.6 Å². The van der Waals surface area contributed by atoms with Crippen LogP contribution in [0.2, 0.25) is 0 Å². The summed E-state index contributed by atoms with van der Waals surface area (Å²) < 4.78 is 16.2. The average molecular weight is 359 g/mol. The quantitative estimate of drug-likeness (QED) is 0.832. The summed E-state index contributed by atoms with van der Waals surface area (Å²) in [5.41, 5.74) is 0.679. The van der Waals surface area contributed by atoms with E-state index in [1.165, 1.54) is 0 Å². The number of methoxy groups -OCH3 is 2. The van der Waals surface area contributed by atoms with Gasteiger partial charge < -0.3 is 19.5 Å². The third-order valence-electron chi connectivity index (χ3n) is 5.20. The van der Waals surface area contributed by atoms with Crippen LogP contribution in [0.5, 0.6) is 11.5 Å². The maximum atomic E-state index is 13.0. The molecule has 1 heterocycles. The first-order chi connectivity index (χ1) is 12.5. The highest BCUT2D eigenvalue weighted by molar-refractivity contribution is 6.12. The summed E-state index contributed by atoms with van der Waals surface area (Å²) in [4.78, 5) is 25.3. The monoisotopic (exact) mass is 359 g/mol. The first-order valence-electron chi connectivity index (χ1n) is 8.99. The molecule has 1 amide bonds. The van der Waals surface area contributed by atoms with E-state index >= 15 is 0 Å².